The van der Waals surface area contributed by atoms with Gasteiger partial charge in [-0.25, -0.2) is 4.98 Å². The van der Waals surface area contributed by atoms with E-state index in [4.69, 9.17) is 4.98 Å². The summed E-state index contributed by atoms with van der Waals surface area (Å²) in [7, 11) is 1.75. The highest BCUT2D eigenvalue weighted by Crippen LogP contribution is 2.34. The lowest BCUT2D eigenvalue weighted by atomic mass is 9.97. The van der Waals surface area contributed by atoms with Crippen molar-refractivity contribution in [1.82, 2.24) is 9.55 Å². The Morgan fingerprint density at radius 2 is 2.00 bits per heavy atom. The number of fused-ring (bicyclic) bond motifs is 3. The van der Waals surface area contributed by atoms with Crippen molar-refractivity contribution in [2.75, 3.05) is 5.75 Å². The third-order valence-electron chi connectivity index (χ3n) is 5.32. The molecule has 0 N–H and O–H groups in total. The second-order valence-corrected chi connectivity index (χ2v) is 9.19. The van der Waals surface area contributed by atoms with E-state index in [0.717, 1.165) is 35.0 Å². The SMILES string of the molecule is Cc1ccc(C(=O)CSc2nc3sc4c(c3c(=O)n2C)CCCC4)cc1C. The Labute approximate surface area is 166 Å². The van der Waals surface area contributed by atoms with E-state index >= 15 is 0 Å². The molecule has 1 aliphatic rings. The fraction of sp³-hybridized carbons (Fsp3) is 0.381. The lowest BCUT2D eigenvalue weighted by Crippen LogP contribution is -2.21. The average Bonchev–Trinajstić information content (AvgIpc) is 3.03. The van der Waals surface area contributed by atoms with Crippen molar-refractivity contribution >= 4 is 39.1 Å². The van der Waals surface area contributed by atoms with Gasteiger partial charge in [-0.05, 0) is 62.3 Å². The van der Waals surface area contributed by atoms with Crippen LogP contribution >= 0.6 is 23.1 Å². The Balaban J connectivity index is 1.62. The smallest absolute Gasteiger partial charge is 0.262 e. The van der Waals surface area contributed by atoms with E-state index in [1.54, 1.807) is 23.0 Å². The summed E-state index contributed by atoms with van der Waals surface area (Å²) < 4.78 is 1.60. The van der Waals surface area contributed by atoms with Gasteiger partial charge in [-0.2, -0.15) is 0 Å². The van der Waals surface area contributed by atoms with E-state index in [0.29, 0.717) is 10.7 Å². The van der Waals surface area contributed by atoms with Crippen LogP contribution < -0.4 is 5.56 Å². The van der Waals surface area contributed by atoms with Gasteiger partial charge in [0.15, 0.2) is 10.9 Å². The van der Waals surface area contributed by atoms with Gasteiger partial charge in [-0.15, -0.1) is 11.3 Å². The van der Waals surface area contributed by atoms with E-state index in [1.165, 1.54) is 34.2 Å². The van der Waals surface area contributed by atoms with Gasteiger partial charge in [0, 0.05) is 17.5 Å². The molecule has 1 aromatic carbocycles. The van der Waals surface area contributed by atoms with Gasteiger partial charge in [0.2, 0.25) is 0 Å². The zero-order chi connectivity index (χ0) is 19.1. The first-order chi connectivity index (χ1) is 13.0. The number of carbonyl (C=O) groups is 1. The summed E-state index contributed by atoms with van der Waals surface area (Å²) in [5.41, 5.74) is 4.22. The van der Waals surface area contributed by atoms with Crippen molar-refractivity contribution < 1.29 is 4.79 Å². The molecule has 2 heterocycles. The molecular formula is C21H22N2O2S2. The summed E-state index contributed by atoms with van der Waals surface area (Å²) in [6, 6.07) is 5.78. The molecule has 0 saturated heterocycles. The number of ketones is 1. The fourth-order valence-electron chi connectivity index (χ4n) is 3.52. The molecule has 140 valence electrons. The lowest BCUT2D eigenvalue weighted by molar-refractivity contribution is 0.102. The maximum Gasteiger partial charge on any atom is 0.262 e. The van der Waals surface area contributed by atoms with Crippen LogP contribution in [0.1, 0.15) is 44.8 Å². The zero-order valence-corrected chi connectivity index (χ0v) is 17.4. The van der Waals surface area contributed by atoms with Crippen LogP contribution in [-0.2, 0) is 19.9 Å². The third-order valence-corrected chi connectivity index (χ3v) is 7.53. The molecule has 0 unspecified atom stereocenters. The molecule has 0 spiro atoms. The number of Topliss-reactive ketones (excluding diaryl/α,β-unsaturated/α-hetero) is 1. The van der Waals surface area contributed by atoms with Crippen molar-refractivity contribution in [3.8, 4) is 0 Å². The zero-order valence-electron chi connectivity index (χ0n) is 15.8. The molecule has 0 bridgehead atoms. The van der Waals surface area contributed by atoms with Gasteiger partial charge >= 0.3 is 0 Å². The van der Waals surface area contributed by atoms with Crippen LogP contribution in [0.5, 0.6) is 0 Å². The summed E-state index contributed by atoms with van der Waals surface area (Å²) in [4.78, 5) is 32.3. The van der Waals surface area contributed by atoms with Crippen LogP contribution in [0, 0.1) is 13.8 Å². The van der Waals surface area contributed by atoms with E-state index < -0.39 is 0 Å². The minimum absolute atomic E-state index is 0.0144. The molecule has 27 heavy (non-hydrogen) atoms. The maximum atomic E-state index is 12.9. The average molecular weight is 399 g/mol. The predicted octanol–water partition coefficient (Wildman–Crippen LogP) is 4.47. The van der Waals surface area contributed by atoms with E-state index in [2.05, 4.69) is 0 Å². The van der Waals surface area contributed by atoms with E-state index in [1.807, 2.05) is 32.0 Å². The number of thiophene rings is 1. The molecular weight excluding hydrogens is 376 g/mol. The number of benzene rings is 1. The van der Waals surface area contributed by atoms with Crippen molar-refractivity contribution in [3.63, 3.8) is 0 Å². The second-order valence-electron chi connectivity index (χ2n) is 7.16. The van der Waals surface area contributed by atoms with Crippen molar-refractivity contribution in [2.24, 2.45) is 7.05 Å². The molecule has 3 aromatic rings. The Morgan fingerprint density at radius 3 is 2.78 bits per heavy atom. The minimum Gasteiger partial charge on any atom is -0.293 e. The van der Waals surface area contributed by atoms with Crippen molar-refractivity contribution in [1.29, 1.82) is 0 Å². The second kappa shape index (κ2) is 7.24. The molecule has 4 rings (SSSR count). The standard InChI is InChI=1S/C21H22N2O2S2/c1-12-8-9-14(10-13(12)2)16(24)11-26-21-22-19-18(20(25)23(21)3)15-6-4-5-7-17(15)27-19/h8-10H,4-7,11H2,1-3H3. The molecule has 0 radical (unpaired) electrons. The molecule has 0 saturated carbocycles. The minimum atomic E-state index is 0.0144. The Hall–Kier alpha value is -1.92. The van der Waals surface area contributed by atoms with Gasteiger partial charge in [0.05, 0.1) is 11.1 Å². The third kappa shape index (κ3) is 3.36. The summed E-state index contributed by atoms with van der Waals surface area (Å²) in [6.45, 7) is 4.05. The lowest BCUT2D eigenvalue weighted by Gasteiger charge is -2.11. The maximum absolute atomic E-state index is 12.9. The Kier molecular flexibility index (Phi) is 4.95. The molecule has 1 aliphatic carbocycles. The van der Waals surface area contributed by atoms with Gasteiger partial charge < -0.3 is 0 Å². The molecule has 0 aliphatic heterocycles. The molecule has 0 atom stereocenters. The van der Waals surface area contributed by atoms with Gasteiger partial charge in [0.25, 0.3) is 5.56 Å². The highest BCUT2D eigenvalue weighted by molar-refractivity contribution is 7.99. The van der Waals surface area contributed by atoms with Crippen LogP contribution in [0.3, 0.4) is 0 Å². The van der Waals surface area contributed by atoms with Gasteiger partial charge in [-0.3, -0.25) is 14.2 Å². The number of hydrogen-bond acceptors (Lipinski definition) is 5. The van der Waals surface area contributed by atoms with Crippen LogP contribution in [0.15, 0.2) is 28.2 Å². The normalized spacial score (nSPS) is 13.7. The number of hydrogen-bond donors (Lipinski definition) is 0. The Bertz CT molecular complexity index is 1110. The van der Waals surface area contributed by atoms with Crippen LogP contribution in [0.4, 0.5) is 0 Å². The molecule has 0 fully saturated rings. The fourth-order valence-corrected chi connectivity index (χ4v) is 5.69. The van der Waals surface area contributed by atoms with E-state index in [-0.39, 0.29) is 17.1 Å². The molecule has 4 nitrogen and oxygen atoms in total. The van der Waals surface area contributed by atoms with Crippen LogP contribution in [0.25, 0.3) is 10.2 Å². The number of carbonyl (C=O) groups excluding carboxylic acids is 1. The first-order valence-electron chi connectivity index (χ1n) is 9.20. The summed E-state index contributed by atoms with van der Waals surface area (Å²) in [5, 5.41) is 1.41. The van der Waals surface area contributed by atoms with Gasteiger partial charge in [-0.1, -0.05) is 23.9 Å². The van der Waals surface area contributed by atoms with Crippen molar-refractivity contribution in [2.45, 2.75) is 44.7 Å². The molecule has 2 aromatic heterocycles. The number of aryl methyl sites for hydroxylation is 4. The Morgan fingerprint density at radius 1 is 1.22 bits per heavy atom. The highest BCUT2D eigenvalue weighted by atomic mass is 32.2. The topological polar surface area (TPSA) is 52.0 Å². The predicted molar refractivity (Wildman–Crippen MR) is 112 cm³/mol. The van der Waals surface area contributed by atoms with Gasteiger partial charge in [0.1, 0.15) is 4.83 Å². The monoisotopic (exact) mass is 398 g/mol. The largest absolute Gasteiger partial charge is 0.293 e. The quantitative estimate of drug-likeness (QED) is 0.370. The number of nitrogens with zero attached hydrogens (tertiary/aromatic N) is 2. The number of thioether (sulfide) groups is 1. The summed E-state index contributed by atoms with van der Waals surface area (Å²) in [6.07, 6.45) is 4.35. The van der Waals surface area contributed by atoms with Crippen molar-refractivity contribution in [3.05, 3.63) is 55.7 Å². The van der Waals surface area contributed by atoms with E-state index in [9.17, 15) is 9.59 Å². The molecule has 0 amide bonds. The molecule has 6 heteroatoms. The highest BCUT2D eigenvalue weighted by Gasteiger charge is 2.21. The summed E-state index contributed by atoms with van der Waals surface area (Å²) in [5.74, 6) is 0.335. The first kappa shape index (κ1) is 18.4. The van der Waals surface area contributed by atoms with Crippen LogP contribution in [0.2, 0.25) is 0 Å². The number of rotatable bonds is 4. The number of aromatic nitrogens is 2. The first-order valence-corrected chi connectivity index (χ1v) is 11.0. The summed E-state index contributed by atoms with van der Waals surface area (Å²) >= 11 is 2.99. The van der Waals surface area contributed by atoms with Crippen LogP contribution in [-0.4, -0.2) is 21.1 Å².